The van der Waals surface area contributed by atoms with E-state index in [9.17, 15) is 9.59 Å². The third-order valence-corrected chi connectivity index (χ3v) is 3.19. The molecule has 6 nitrogen and oxygen atoms in total. The highest BCUT2D eigenvalue weighted by Crippen LogP contribution is 2.21. The Balaban J connectivity index is 1.66. The zero-order valence-corrected chi connectivity index (χ0v) is 10.8. The number of hydrogen-bond acceptors (Lipinski definition) is 2. The smallest absolute Gasteiger partial charge is 0.321 e. The van der Waals surface area contributed by atoms with Gasteiger partial charge in [0.05, 0.1) is 0 Å². The topological polar surface area (TPSA) is 64.2 Å². The average molecular weight is 260 g/mol. The van der Waals surface area contributed by atoms with Gasteiger partial charge in [0.1, 0.15) is 0 Å². The van der Waals surface area contributed by atoms with Crippen LogP contribution in [0.5, 0.6) is 0 Å². The molecule has 1 aromatic carbocycles. The van der Waals surface area contributed by atoms with Crippen LogP contribution in [0.4, 0.5) is 21.0 Å². The van der Waals surface area contributed by atoms with Crippen LogP contribution in [0.15, 0.2) is 18.2 Å². The van der Waals surface area contributed by atoms with E-state index in [2.05, 4.69) is 10.6 Å². The van der Waals surface area contributed by atoms with Gasteiger partial charge in [-0.25, -0.2) is 9.59 Å². The molecule has 6 heteroatoms. The molecule has 0 bridgehead atoms. The van der Waals surface area contributed by atoms with E-state index in [0.717, 1.165) is 43.1 Å². The number of nitrogens with one attached hydrogen (secondary N) is 2. The standard InChI is InChI=1S/C13H16N4O2/c1-9-8-10(14-12(18)16-4-5-16)2-3-11(9)15-13(19)17-6-7-17/h2-3,8H,4-7H2,1H3,(H,14,18)(H,15,19). The van der Waals surface area contributed by atoms with Crippen molar-refractivity contribution in [2.45, 2.75) is 6.92 Å². The summed E-state index contributed by atoms with van der Waals surface area (Å²) in [5, 5.41) is 5.68. The van der Waals surface area contributed by atoms with Gasteiger partial charge in [-0.3, -0.25) is 0 Å². The van der Waals surface area contributed by atoms with Gasteiger partial charge in [-0.05, 0) is 30.7 Å². The largest absolute Gasteiger partial charge is 0.321 e. The van der Waals surface area contributed by atoms with Gasteiger partial charge in [0, 0.05) is 37.6 Å². The Bertz CT molecular complexity index is 535. The maximum absolute atomic E-state index is 11.6. The molecule has 2 aliphatic heterocycles. The van der Waals surface area contributed by atoms with E-state index in [1.165, 1.54) is 0 Å². The van der Waals surface area contributed by atoms with E-state index in [1.807, 2.05) is 19.1 Å². The molecule has 0 atom stereocenters. The van der Waals surface area contributed by atoms with E-state index in [0.29, 0.717) is 0 Å². The molecule has 2 aliphatic rings. The number of aryl methyl sites for hydroxylation is 1. The summed E-state index contributed by atoms with van der Waals surface area (Å²) in [6, 6.07) is 5.34. The van der Waals surface area contributed by atoms with Crippen LogP contribution in [-0.4, -0.2) is 48.0 Å². The van der Waals surface area contributed by atoms with Crippen LogP contribution in [0, 0.1) is 6.92 Å². The maximum Gasteiger partial charge on any atom is 0.321 e. The normalized spacial score (nSPS) is 16.1. The minimum absolute atomic E-state index is 0.0658. The van der Waals surface area contributed by atoms with Gasteiger partial charge in [-0.1, -0.05) is 0 Å². The predicted octanol–water partition coefficient (Wildman–Crippen LogP) is 1.69. The van der Waals surface area contributed by atoms with Crippen LogP contribution in [0.1, 0.15) is 5.56 Å². The fourth-order valence-electron chi connectivity index (χ4n) is 1.78. The molecule has 19 heavy (non-hydrogen) atoms. The minimum Gasteiger partial charge on any atom is -0.321 e. The molecular formula is C13H16N4O2. The minimum atomic E-state index is -0.0692. The number of carbonyl (C=O) groups is 2. The Morgan fingerprint density at radius 2 is 1.58 bits per heavy atom. The van der Waals surface area contributed by atoms with Crippen molar-refractivity contribution in [3.05, 3.63) is 23.8 Å². The second kappa shape index (κ2) is 4.46. The molecule has 0 aromatic heterocycles. The molecule has 2 N–H and O–H groups in total. The second-order valence-electron chi connectivity index (χ2n) is 4.86. The lowest BCUT2D eigenvalue weighted by Crippen LogP contribution is -2.20. The molecule has 0 aliphatic carbocycles. The van der Waals surface area contributed by atoms with Gasteiger partial charge in [-0.2, -0.15) is 0 Å². The van der Waals surface area contributed by atoms with E-state index in [1.54, 1.807) is 15.9 Å². The Morgan fingerprint density at radius 1 is 1.00 bits per heavy atom. The molecule has 2 fully saturated rings. The average Bonchev–Trinajstić information content (AvgIpc) is 3.25. The van der Waals surface area contributed by atoms with Crippen LogP contribution < -0.4 is 10.6 Å². The van der Waals surface area contributed by atoms with Crippen molar-refractivity contribution < 1.29 is 9.59 Å². The number of rotatable bonds is 2. The predicted molar refractivity (Wildman–Crippen MR) is 72.4 cm³/mol. The molecular weight excluding hydrogens is 244 g/mol. The molecule has 2 saturated heterocycles. The summed E-state index contributed by atoms with van der Waals surface area (Å²) in [6.45, 7) is 5.22. The number of amides is 4. The zero-order valence-electron chi connectivity index (χ0n) is 10.8. The Hall–Kier alpha value is -2.24. The van der Waals surface area contributed by atoms with Gasteiger partial charge in [0.2, 0.25) is 0 Å². The molecule has 0 radical (unpaired) electrons. The first-order chi connectivity index (χ1) is 9.13. The molecule has 4 amide bonds. The lowest BCUT2D eigenvalue weighted by Gasteiger charge is -2.11. The van der Waals surface area contributed by atoms with Gasteiger partial charge < -0.3 is 20.4 Å². The first-order valence-electron chi connectivity index (χ1n) is 6.36. The van der Waals surface area contributed by atoms with E-state index in [-0.39, 0.29) is 12.1 Å². The van der Waals surface area contributed by atoms with Crippen molar-refractivity contribution in [2.75, 3.05) is 36.8 Å². The van der Waals surface area contributed by atoms with Crippen molar-refractivity contribution in [3.8, 4) is 0 Å². The van der Waals surface area contributed by atoms with Crippen molar-refractivity contribution in [1.82, 2.24) is 9.80 Å². The summed E-state index contributed by atoms with van der Waals surface area (Å²) in [6.07, 6.45) is 0. The summed E-state index contributed by atoms with van der Waals surface area (Å²) in [5.41, 5.74) is 2.46. The number of benzene rings is 1. The highest BCUT2D eigenvalue weighted by molar-refractivity contribution is 5.93. The number of carbonyl (C=O) groups excluding carboxylic acids is 2. The summed E-state index contributed by atoms with van der Waals surface area (Å²) in [4.78, 5) is 26.6. The fraction of sp³-hybridized carbons (Fsp3) is 0.385. The van der Waals surface area contributed by atoms with Crippen molar-refractivity contribution >= 4 is 23.4 Å². The fourth-order valence-corrected chi connectivity index (χ4v) is 1.78. The molecule has 2 heterocycles. The van der Waals surface area contributed by atoms with E-state index in [4.69, 9.17) is 0 Å². The lowest BCUT2D eigenvalue weighted by molar-refractivity contribution is 0.241. The van der Waals surface area contributed by atoms with Gasteiger partial charge in [0.25, 0.3) is 0 Å². The first-order valence-corrected chi connectivity index (χ1v) is 6.36. The van der Waals surface area contributed by atoms with Crippen LogP contribution in [0.25, 0.3) is 0 Å². The number of urea groups is 2. The molecule has 0 unspecified atom stereocenters. The molecule has 1 aromatic rings. The third-order valence-electron chi connectivity index (χ3n) is 3.19. The summed E-state index contributed by atoms with van der Waals surface area (Å²) < 4.78 is 0. The maximum atomic E-state index is 11.6. The van der Waals surface area contributed by atoms with Gasteiger partial charge in [-0.15, -0.1) is 0 Å². The third kappa shape index (κ3) is 2.78. The van der Waals surface area contributed by atoms with Crippen molar-refractivity contribution in [2.24, 2.45) is 0 Å². The first kappa shape index (κ1) is 11.8. The van der Waals surface area contributed by atoms with Crippen LogP contribution in [0.3, 0.4) is 0 Å². The van der Waals surface area contributed by atoms with Gasteiger partial charge >= 0.3 is 12.1 Å². The van der Waals surface area contributed by atoms with Crippen molar-refractivity contribution in [3.63, 3.8) is 0 Å². The van der Waals surface area contributed by atoms with Gasteiger partial charge in [0.15, 0.2) is 0 Å². The highest BCUT2D eigenvalue weighted by atomic mass is 16.2. The monoisotopic (exact) mass is 260 g/mol. The SMILES string of the molecule is Cc1cc(NC(=O)N2CC2)ccc1NC(=O)N1CC1. The van der Waals surface area contributed by atoms with Crippen molar-refractivity contribution in [1.29, 1.82) is 0 Å². The molecule has 3 rings (SSSR count). The Labute approximate surface area is 111 Å². The van der Waals surface area contributed by atoms with Crippen LogP contribution in [-0.2, 0) is 0 Å². The summed E-state index contributed by atoms with van der Waals surface area (Å²) in [5.74, 6) is 0. The number of nitrogens with zero attached hydrogens (tertiary/aromatic N) is 2. The molecule has 0 saturated carbocycles. The zero-order chi connectivity index (χ0) is 13.4. The molecule has 0 spiro atoms. The molecule has 100 valence electrons. The van der Waals surface area contributed by atoms with E-state index < -0.39 is 0 Å². The number of hydrogen-bond donors (Lipinski definition) is 2. The summed E-state index contributed by atoms with van der Waals surface area (Å²) >= 11 is 0. The second-order valence-corrected chi connectivity index (χ2v) is 4.86. The highest BCUT2D eigenvalue weighted by Gasteiger charge is 2.25. The number of anilines is 2. The van der Waals surface area contributed by atoms with Crippen LogP contribution >= 0.6 is 0 Å². The summed E-state index contributed by atoms with van der Waals surface area (Å²) in [7, 11) is 0. The Morgan fingerprint density at radius 3 is 2.11 bits per heavy atom. The Kier molecular flexibility index (Phi) is 2.77. The lowest BCUT2D eigenvalue weighted by atomic mass is 10.2. The quantitative estimate of drug-likeness (QED) is 0.795. The van der Waals surface area contributed by atoms with E-state index >= 15 is 0 Å². The van der Waals surface area contributed by atoms with Crippen LogP contribution in [0.2, 0.25) is 0 Å².